The average Bonchev–Trinajstić information content (AvgIpc) is 3.98. The summed E-state index contributed by atoms with van der Waals surface area (Å²) in [5.41, 5.74) is 13.2. The number of imidazole rings is 2. The first-order valence-electron chi connectivity index (χ1n) is 18.2. The molecule has 0 saturated heterocycles. The van der Waals surface area contributed by atoms with Gasteiger partial charge in [0.2, 0.25) is 5.78 Å². The number of hydrogen-bond donors (Lipinski definition) is 0. The fourth-order valence-electron chi connectivity index (χ4n) is 8.68. The van der Waals surface area contributed by atoms with Crippen LogP contribution in [0.1, 0.15) is 0 Å². The van der Waals surface area contributed by atoms with Crippen LogP contribution in [-0.2, 0) is 0 Å². The summed E-state index contributed by atoms with van der Waals surface area (Å²) in [5.74, 6) is 0.902. The van der Waals surface area contributed by atoms with Crippen LogP contribution in [-0.4, -0.2) is 23.5 Å². The summed E-state index contributed by atoms with van der Waals surface area (Å²) in [5, 5.41) is 4.84. The summed E-state index contributed by atoms with van der Waals surface area (Å²) in [6, 6.07) is 60.7. The van der Waals surface area contributed by atoms with E-state index in [1.807, 2.05) is 17.5 Å². The largest absolute Gasteiger partial charge is 0.309 e. The van der Waals surface area contributed by atoms with Crippen molar-refractivity contribution in [2.75, 3.05) is 0 Å². The number of thiophene rings is 1. The minimum atomic E-state index is 0.902. The van der Waals surface area contributed by atoms with Crippen LogP contribution in [0.4, 0.5) is 0 Å². The van der Waals surface area contributed by atoms with E-state index in [0.29, 0.717) is 0 Å². The second kappa shape index (κ2) is 11.2. The maximum Gasteiger partial charge on any atom is 0.220 e. The maximum atomic E-state index is 5.50. The Morgan fingerprint density at radius 2 is 1.11 bits per heavy atom. The number of para-hydroxylation sites is 5. The number of pyridine rings is 1. The summed E-state index contributed by atoms with van der Waals surface area (Å²) in [6.45, 7) is 0. The van der Waals surface area contributed by atoms with Gasteiger partial charge in [-0.05, 0) is 66.2 Å². The Balaban J connectivity index is 1.14. The zero-order chi connectivity index (χ0) is 35.3. The van der Waals surface area contributed by atoms with Gasteiger partial charge in [-0.1, -0.05) is 109 Å². The molecule has 12 aromatic rings. The molecule has 0 aliphatic carbocycles. The van der Waals surface area contributed by atoms with Crippen LogP contribution in [0, 0.1) is 0 Å². The molecule has 0 fully saturated rings. The first-order chi connectivity index (χ1) is 26.8. The molecule has 0 aliphatic heterocycles. The molecule has 0 radical (unpaired) electrons. The summed E-state index contributed by atoms with van der Waals surface area (Å²) in [7, 11) is 0. The smallest absolute Gasteiger partial charge is 0.220 e. The third kappa shape index (κ3) is 4.03. The molecule has 0 bridgehead atoms. The van der Waals surface area contributed by atoms with Crippen molar-refractivity contribution in [2.45, 2.75) is 0 Å². The summed E-state index contributed by atoms with van der Waals surface area (Å²) in [6.07, 6.45) is 1.96. The Morgan fingerprint density at radius 3 is 1.98 bits per heavy atom. The second-order valence-electron chi connectivity index (χ2n) is 13.8. The van der Waals surface area contributed by atoms with Gasteiger partial charge in [-0.3, -0.25) is 14.0 Å². The van der Waals surface area contributed by atoms with Gasteiger partial charge in [0, 0.05) is 49.3 Å². The van der Waals surface area contributed by atoms with Crippen LogP contribution in [0.5, 0.6) is 0 Å². The normalized spacial score (nSPS) is 12.1. The van der Waals surface area contributed by atoms with E-state index in [0.717, 1.165) is 78.0 Å². The molecule has 0 N–H and O–H groups in total. The predicted molar refractivity (Wildman–Crippen MR) is 225 cm³/mol. The number of benzene rings is 7. The van der Waals surface area contributed by atoms with Crippen molar-refractivity contribution in [3.63, 3.8) is 0 Å². The minimum absolute atomic E-state index is 0.902. The first-order valence-corrected chi connectivity index (χ1v) is 19.0. The minimum Gasteiger partial charge on any atom is -0.309 e. The zero-order valence-electron chi connectivity index (χ0n) is 28.9. The van der Waals surface area contributed by atoms with Crippen molar-refractivity contribution in [2.24, 2.45) is 0 Å². The maximum absolute atomic E-state index is 5.50. The van der Waals surface area contributed by atoms with E-state index in [2.05, 4.69) is 183 Å². The van der Waals surface area contributed by atoms with E-state index in [1.54, 1.807) is 0 Å². The lowest BCUT2D eigenvalue weighted by Gasteiger charge is -2.17. The highest BCUT2D eigenvalue weighted by molar-refractivity contribution is 7.26. The van der Waals surface area contributed by atoms with Crippen molar-refractivity contribution in [3.8, 4) is 33.8 Å². The lowest BCUT2D eigenvalue weighted by molar-refractivity contribution is 1.11. The molecule has 6 heteroatoms. The molecule has 5 heterocycles. The molecular formula is C48H29N5S. The van der Waals surface area contributed by atoms with Crippen LogP contribution in [0.2, 0.25) is 0 Å². The molecule has 0 saturated carbocycles. The molecule has 0 amide bonds. The van der Waals surface area contributed by atoms with Crippen molar-refractivity contribution < 1.29 is 0 Å². The molecule has 0 aliphatic rings. The van der Waals surface area contributed by atoms with Crippen molar-refractivity contribution in [1.82, 2.24) is 23.5 Å². The highest BCUT2D eigenvalue weighted by Crippen LogP contribution is 2.44. The van der Waals surface area contributed by atoms with Gasteiger partial charge < -0.3 is 4.57 Å². The molecule has 54 heavy (non-hydrogen) atoms. The Labute approximate surface area is 313 Å². The Kier molecular flexibility index (Phi) is 6.15. The fraction of sp³-hybridized carbons (Fsp3) is 0. The van der Waals surface area contributed by atoms with Gasteiger partial charge in [-0.2, -0.15) is 0 Å². The van der Waals surface area contributed by atoms with Crippen LogP contribution in [0.15, 0.2) is 176 Å². The topological polar surface area (TPSA) is 40.0 Å². The molecular weight excluding hydrogens is 679 g/mol. The van der Waals surface area contributed by atoms with Gasteiger partial charge in [-0.25, -0.2) is 4.98 Å². The number of rotatable bonds is 4. The SMILES string of the molecule is c1ccc(-n2c3ccccc3n3c4ccc5c(c6ccccc6n5-c5ccccc5-c5ccccc5-c5nccc6c5sc5ccccc56)c4nc23)cc1. The van der Waals surface area contributed by atoms with E-state index in [4.69, 9.17) is 9.97 Å². The Hall–Kier alpha value is -7.02. The van der Waals surface area contributed by atoms with Gasteiger partial charge in [0.15, 0.2) is 0 Å². The monoisotopic (exact) mass is 707 g/mol. The van der Waals surface area contributed by atoms with Crippen LogP contribution in [0.3, 0.4) is 0 Å². The molecule has 0 unspecified atom stereocenters. The third-order valence-corrected chi connectivity index (χ3v) is 12.1. The Morgan fingerprint density at radius 1 is 0.444 bits per heavy atom. The van der Waals surface area contributed by atoms with E-state index in [9.17, 15) is 0 Å². The number of nitrogens with zero attached hydrogens (tertiary/aromatic N) is 5. The lowest BCUT2D eigenvalue weighted by Crippen LogP contribution is -1.98. The second-order valence-corrected chi connectivity index (χ2v) is 14.8. The standard InChI is InChI=1S/C48H29N5S/c1-2-14-30(15-3-1)51-39-23-11-12-24-40(39)53-42-27-26-41-44(46(42)50-48(51)53)36-20-7-10-22-38(36)52(41)37-21-9-6-17-32(37)31-16-4-5-19-34(31)45-47-35(28-29-49-45)33-18-8-13-25-43(33)54-47/h1-29H. The van der Waals surface area contributed by atoms with E-state index < -0.39 is 0 Å². The molecule has 5 nitrogen and oxygen atoms in total. The van der Waals surface area contributed by atoms with Crippen molar-refractivity contribution in [1.29, 1.82) is 0 Å². The predicted octanol–water partition coefficient (Wildman–Crippen LogP) is 12.6. The summed E-state index contributed by atoms with van der Waals surface area (Å²) >= 11 is 1.82. The van der Waals surface area contributed by atoms with Crippen LogP contribution in [0.25, 0.3) is 104 Å². The lowest BCUT2D eigenvalue weighted by atomic mass is 9.95. The van der Waals surface area contributed by atoms with Crippen molar-refractivity contribution in [3.05, 3.63) is 176 Å². The van der Waals surface area contributed by atoms with Gasteiger partial charge in [0.05, 0.1) is 43.7 Å². The highest BCUT2D eigenvalue weighted by atomic mass is 32.1. The number of hydrogen-bond acceptors (Lipinski definition) is 3. The Bertz CT molecular complexity index is 3450. The summed E-state index contributed by atoms with van der Waals surface area (Å²) in [4.78, 5) is 10.5. The average molecular weight is 708 g/mol. The molecule has 0 atom stereocenters. The van der Waals surface area contributed by atoms with Crippen LogP contribution >= 0.6 is 11.3 Å². The first kappa shape index (κ1) is 29.5. The quantitative estimate of drug-likeness (QED) is 0.183. The number of aromatic nitrogens is 5. The van der Waals surface area contributed by atoms with E-state index in [1.165, 1.54) is 25.6 Å². The highest BCUT2D eigenvalue weighted by Gasteiger charge is 2.24. The molecule has 252 valence electrons. The van der Waals surface area contributed by atoms with Gasteiger partial charge in [0.25, 0.3) is 0 Å². The summed E-state index contributed by atoms with van der Waals surface area (Å²) < 4.78 is 9.50. The third-order valence-electron chi connectivity index (χ3n) is 10.9. The molecule has 12 rings (SSSR count). The fourth-order valence-corrected chi connectivity index (χ4v) is 9.88. The number of fused-ring (bicyclic) bond motifs is 12. The molecule has 0 spiro atoms. The van der Waals surface area contributed by atoms with Gasteiger partial charge in [0.1, 0.15) is 5.52 Å². The van der Waals surface area contributed by atoms with Crippen LogP contribution < -0.4 is 0 Å². The zero-order valence-corrected chi connectivity index (χ0v) is 29.7. The van der Waals surface area contributed by atoms with E-state index in [-0.39, 0.29) is 0 Å². The van der Waals surface area contributed by atoms with Gasteiger partial charge >= 0.3 is 0 Å². The van der Waals surface area contributed by atoms with E-state index >= 15 is 0 Å². The molecule has 7 aromatic carbocycles. The van der Waals surface area contributed by atoms with Gasteiger partial charge in [-0.15, -0.1) is 11.3 Å². The van der Waals surface area contributed by atoms with Crippen molar-refractivity contribution >= 4 is 81.2 Å². The molecule has 5 aromatic heterocycles.